The number of carboxylic acids is 1. The fraction of sp³-hybridized carbons (Fsp3) is 0.364. The first-order valence-electron chi connectivity index (χ1n) is 5.03. The minimum Gasteiger partial charge on any atom is -0.544 e. The molecular formula is C11H17NO3Si. The van der Waals surface area contributed by atoms with Gasteiger partial charge >= 0.3 is 5.97 Å². The number of nitrogen functional groups attached to an aromatic ring is 1. The van der Waals surface area contributed by atoms with Gasteiger partial charge in [-0.2, -0.15) is 0 Å². The molecule has 0 aliphatic carbocycles. The molecule has 0 bridgehead atoms. The Hall–Kier alpha value is -1.49. The van der Waals surface area contributed by atoms with Crippen molar-refractivity contribution < 1.29 is 14.3 Å². The molecule has 0 fully saturated rings. The van der Waals surface area contributed by atoms with Crippen molar-refractivity contribution in [2.45, 2.75) is 26.6 Å². The predicted molar refractivity (Wildman–Crippen MR) is 66.5 cm³/mol. The van der Waals surface area contributed by atoms with E-state index < -0.39 is 14.3 Å². The van der Waals surface area contributed by atoms with Crippen LogP contribution in [0.15, 0.2) is 12.1 Å². The summed E-state index contributed by atoms with van der Waals surface area (Å²) in [5, 5.41) is 9.01. The minimum absolute atomic E-state index is 0.202. The Morgan fingerprint density at radius 2 is 1.94 bits per heavy atom. The Balaban J connectivity index is 3.19. The van der Waals surface area contributed by atoms with Crippen LogP contribution in [0.5, 0.6) is 5.75 Å². The van der Waals surface area contributed by atoms with E-state index in [0.29, 0.717) is 17.0 Å². The summed E-state index contributed by atoms with van der Waals surface area (Å²) in [5.41, 5.74) is 6.98. The third-order valence-corrected chi connectivity index (χ3v) is 2.92. The van der Waals surface area contributed by atoms with E-state index in [1.165, 1.54) is 6.07 Å². The lowest BCUT2D eigenvalue weighted by atomic mass is 10.1. The molecule has 0 radical (unpaired) electrons. The largest absolute Gasteiger partial charge is 0.544 e. The standard InChI is InChI=1S/C11H17NO3Si/c1-7-9(11(13)14)5-8(6-10(7)12)15-16(2,3)4/h5-6H,12H2,1-4H3,(H,13,14). The molecule has 88 valence electrons. The number of rotatable bonds is 3. The van der Waals surface area contributed by atoms with E-state index >= 15 is 0 Å². The molecule has 0 aliphatic heterocycles. The first-order chi connectivity index (χ1) is 7.20. The molecule has 5 heteroatoms. The Kier molecular flexibility index (Phi) is 3.28. The third-order valence-electron chi connectivity index (χ3n) is 2.08. The monoisotopic (exact) mass is 239 g/mol. The van der Waals surface area contributed by atoms with Gasteiger partial charge in [-0.3, -0.25) is 0 Å². The number of carboxylic acid groups (broad SMARTS) is 1. The summed E-state index contributed by atoms with van der Waals surface area (Å²) in [6.45, 7) is 7.79. The number of carbonyl (C=O) groups is 1. The van der Waals surface area contributed by atoms with Gasteiger partial charge in [0.25, 0.3) is 0 Å². The molecule has 1 rings (SSSR count). The summed E-state index contributed by atoms with van der Waals surface area (Å²) in [7, 11) is -1.74. The Bertz CT molecular complexity index is 424. The molecule has 0 aliphatic rings. The molecule has 0 spiro atoms. The average molecular weight is 239 g/mol. The zero-order valence-electron chi connectivity index (χ0n) is 10.00. The first kappa shape index (κ1) is 12.6. The van der Waals surface area contributed by atoms with Gasteiger partial charge in [0.1, 0.15) is 5.75 Å². The van der Waals surface area contributed by atoms with Gasteiger partial charge in [0.2, 0.25) is 8.32 Å². The molecule has 0 heterocycles. The normalized spacial score (nSPS) is 11.2. The molecule has 0 saturated carbocycles. The maximum atomic E-state index is 11.0. The number of anilines is 1. The van der Waals surface area contributed by atoms with Crippen LogP contribution in [0.4, 0.5) is 5.69 Å². The number of nitrogens with two attached hydrogens (primary N) is 1. The van der Waals surface area contributed by atoms with Crippen LogP contribution in [0.3, 0.4) is 0 Å². The van der Waals surface area contributed by atoms with Crippen molar-refractivity contribution in [2.75, 3.05) is 5.73 Å². The molecule has 0 saturated heterocycles. The minimum atomic E-state index is -1.74. The van der Waals surface area contributed by atoms with Gasteiger partial charge in [0.15, 0.2) is 0 Å². The summed E-state index contributed by atoms with van der Waals surface area (Å²) >= 11 is 0. The highest BCUT2D eigenvalue weighted by molar-refractivity contribution is 6.70. The SMILES string of the molecule is Cc1c(N)cc(O[Si](C)(C)C)cc1C(=O)O. The maximum Gasteiger partial charge on any atom is 0.336 e. The van der Waals surface area contributed by atoms with Crippen molar-refractivity contribution in [3.05, 3.63) is 23.3 Å². The molecule has 0 unspecified atom stereocenters. The number of aromatic carboxylic acids is 1. The summed E-state index contributed by atoms with van der Waals surface area (Å²) < 4.78 is 5.72. The second-order valence-corrected chi connectivity index (χ2v) is 9.13. The van der Waals surface area contributed by atoms with E-state index in [2.05, 4.69) is 0 Å². The van der Waals surface area contributed by atoms with Crippen LogP contribution in [-0.2, 0) is 0 Å². The topological polar surface area (TPSA) is 72.5 Å². The second-order valence-electron chi connectivity index (χ2n) is 4.70. The lowest BCUT2D eigenvalue weighted by Gasteiger charge is -2.20. The number of hydrogen-bond donors (Lipinski definition) is 2. The number of hydrogen-bond acceptors (Lipinski definition) is 3. The van der Waals surface area contributed by atoms with Gasteiger partial charge in [-0.25, -0.2) is 4.79 Å². The highest BCUT2D eigenvalue weighted by Gasteiger charge is 2.19. The van der Waals surface area contributed by atoms with E-state index in [9.17, 15) is 4.79 Å². The van der Waals surface area contributed by atoms with Crippen molar-refractivity contribution in [2.24, 2.45) is 0 Å². The molecule has 4 nitrogen and oxygen atoms in total. The van der Waals surface area contributed by atoms with Crippen molar-refractivity contribution in [1.82, 2.24) is 0 Å². The Morgan fingerprint density at radius 3 is 2.38 bits per heavy atom. The highest BCUT2D eigenvalue weighted by atomic mass is 28.4. The van der Waals surface area contributed by atoms with E-state index in [-0.39, 0.29) is 5.56 Å². The van der Waals surface area contributed by atoms with E-state index in [1.54, 1.807) is 13.0 Å². The second kappa shape index (κ2) is 4.17. The quantitative estimate of drug-likeness (QED) is 0.628. The van der Waals surface area contributed by atoms with Crippen molar-refractivity contribution in [3.8, 4) is 5.75 Å². The van der Waals surface area contributed by atoms with Crippen LogP contribution < -0.4 is 10.2 Å². The van der Waals surface area contributed by atoms with Crippen LogP contribution in [0, 0.1) is 6.92 Å². The lowest BCUT2D eigenvalue weighted by molar-refractivity contribution is 0.0696. The predicted octanol–water partition coefficient (Wildman–Crippen LogP) is 2.49. The molecule has 0 amide bonds. The molecule has 3 N–H and O–H groups in total. The molecule has 0 aromatic heterocycles. The van der Waals surface area contributed by atoms with Gasteiger partial charge in [-0.15, -0.1) is 0 Å². The van der Waals surface area contributed by atoms with Crippen LogP contribution in [0.25, 0.3) is 0 Å². The highest BCUT2D eigenvalue weighted by Crippen LogP contribution is 2.26. The number of benzene rings is 1. The van der Waals surface area contributed by atoms with E-state index in [0.717, 1.165) is 0 Å². The molecule has 0 atom stereocenters. The van der Waals surface area contributed by atoms with Crippen molar-refractivity contribution in [3.63, 3.8) is 0 Å². The van der Waals surface area contributed by atoms with Gasteiger partial charge in [-0.05, 0) is 38.2 Å². The fourth-order valence-electron chi connectivity index (χ4n) is 1.34. The van der Waals surface area contributed by atoms with E-state index in [1.807, 2.05) is 19.6 Å². The van der Waals surface area contributed by atoms with Crippen LogP contribution in [-0.4, -0.2) is 19.4 Å². The zero-order chi connectivity index (χ0) is 12.5. The van der Waals surface area contributed by atoms with Crippen LogP contribution >= 0.6 is 0 Å². The van der Waals surface area contributed by atoms with Gasteiger partial charge in [0, 0.05) is 11.8 Å². The van der Waals surface area contributed by atoms with Gasteiger partial charge in [-0.1, -0.05) is 0 Å². The van der Waals surface area contributed by atoms with Crippen molar-refractivity contribution >= 4 is 20.0 Å². The lowest BCUT2D eigenvalue weighted by Crippen LogP contribution is -2.29. The van der Waals surface area contributed by atoms with Gasteiger partial charge < -0.3 is 15.3 Å². The molecule has 1 aromatic rings. The van der Waals surface area contributed by atoms with Crippen molar-refractivity contribution in [1.29, 1.82) is 0 Å². The third kappa shape index (κ3) is 3.00. The first-order valence-corrected chi connectivity index (χ1v) is 8.44. The summed E-state index contributed by atoms with van der Waals surface area (Å²) in [4.78, 5) is 11.0. The van der Waals surface area contributed by atoms with E-state index in [4.69, 9.17) is 15.3 Å². The smallest absolute Gasteiger partial charge is 0.336 e. The average Bonchev–Trinajstić information content (AvgIpc) is 2.07. The van der Waals surface area contributed by atoms with Crippen LogP contribution in [0.2, 0.25) is 19.6 Å². The summed E-state index contributed by atoms with van der Waals surface area (Å²) in [6.07, 6.45) is 0. The van der Waals surface area contributed by atoms with Crippen LogP contribution in [0.1, 0.15) is 15.9 Å². The maximum absolute atomic E-state index is 11.0. The summed E-state index contributed by atoms with van der Waals surface area (Å²) in [5.74, 6) is -0.440. The van der Waals surface area contributed by atoms with Gasteiger partial charge in [0.05, 0.1) is 5.56 Å². The molecular weight excluding hydrogens is 222 g/mol. The Labute approximate surface area is 96.2 Å². The summed E-state index contributed by atoms with van der Waals surface area (Å²) in [6, 6.07) is 3.21. The fourth-order valence-corrected chi connectivity index (χ4v) is 2.17. The molecule has 1 aromatic carbocycles. The molecule has 16 heavy (non-hydrogen) atoms. The Morgan fingerprint density at radius 1 is 1.38 bits per heavy atom. The zero-order valence-corrected chi connectivity index (χ0v) is 11.0.